The van der Waals surface area contributed by atoms with Gasteiger partial charge in [0.05, 0.1) is 12.7 Å². The lowest BCUT2D eigenvalue weighted by atomic mass is 9.99. The highest BCUT2D eigenvalue weighted by atomic mass is 35.5. The molecule has 2 aromatic heterocycles. The molecule has 172 valence electrons. The maximum Gasteiger partial charge on any atom is 0.294 e. The molecule has 0 saturated carbocycles. The van der Waals surface area contributed by atoms with Crippen molar-refractivity contribution >= 4 is 51.3 Å². The molecule has 1 atom stereocenters. The number of thiophene rings is 1. The maximum atomic E-state index is 13.7. The Morgan fingerprint density at radius 1 is 1.18 bits per heavy atom. The first-order valence-electron chi connectivity index (χ1n) is 10.5. The standard InChI is InChI=1S/C26H20ClNO5S/c1-13-6-7-17(14(2)9-13)28-22(20-5-4-8-34-20)21(24(30)26(28)31)23(29)18-11-15-10-16(27)12-19(32-3)25(15)33-18/h4-12,22,30H,1-3H3. The van der Waals surface area contributed by atoms with Crippen LogP contribution in [0.25, 0.3) is 11.0 Å². The van der Waals surface area contributed by atoms with Crippen molar-refractivity contribution in [3.63, 3.8) is 0 Å². The number of aliphatic hydroxyl groups is 1. The van der Waals surface area contributed by atoms with Gasteiger partial charge in [0.25, 0.3) is 5.91 Å². The lowest BCUT2D eigenvalue weighted by molar-refractivity contribution is -0.117. The molecule has 0 spiro atoms. The number of benzene rings is 2. The van der Waals surface area contributed by atoms with Crippen LogP contribution in [0.15, 0.2) is 69.7 Å². The van der Waals surface area contributed by atoms with Gasteiger partial charge in [-0.15, -0.1) is 11.3 Å². The summed E-state index contributed by atoms with van der Waals surface area (Å²) >= 11 is 7.56. The summed E-state index contributed by atoms with van der Waals surface area (Å²) in [4.78, 5) is 29.3. The fraction of sp³-hybridized carbons (Fsp3) is 0.154. The van der Waals surface area contributed by atoms with Crippen LogP contribution in [0.5, 0.6) is 5.75 Å². The van der Waals surface area contributed by atoms with Crippen molar-refractivity contribution in [1.82, 2.24) is 0 Å². The largest absolute Gasteiger partial charge is 0.503 e. The fourth-order valence-electron chi connectivity index (χ4n) is 4.36. The number of amides is 1. The molecule has 0 bridgehead atoms. The molecule has 0 fully saturated rings. The quantitative estimate of drug-likeness (QED) is 0.318. The zero-order valence-electron chi connectivity index (χ0n) is 18.6. The Balaban J connectivity index is 1.66. The summed E-state index contributed by atoms with van der Waals surface area (Å²) in [7, 11) is 1.48. The third kappa shape index (κ3) is 3.48. The molecule has 1 aliphatic rings. The SMILES string of the molecule is COc1cc(Cl)cc2cc(C(=O)C3=C(O)C(=O)N(c4ccc(C)cc4C)C3c3cccs3)oc12. The van der Waals surface area contributed by atoms with Gasteiger partial charge < -0.3 is 14.3 Å². The summed E-state index contributed by atoms with van der Waals surface area (Å²) in [5, 5.41) is 13.8. The van der Waals surface area contributed by atoms with Gasteiger partial charge in [-0.1, -0.05) is 35.4 Å². The predicted molar refractivity (Wildman–Crippen MR) is 132 cm³/mol. The number of carbonyl (C=O) groups excluding carboxylic acids is 2. The highest BCUT2D eigenvalue weighted by Crippen LogP contribution is 2.45. The van der Waals surface area contributed by atoms with Crippen LogP contribution in [-0.2, 0) is 4.79 Å². The van der Waals surface area contributed by atoms with Crippen LogP contribution in [0.1, 0.15) is 32.6 Å². The molecule has 1 aliphatic heterocycles. The molecule has 8 heteroatoms. The van der Waals surface area contributed by atoms with Crippen LogP contribution in [-0.4, -0.2) is 23.9 Å². The Kier molecular flexibility index (Phi) is 5.46. The Hall–Kier alpha value is -3.55. The Bertz CT molecular complexity index is 1480. The van der Waals surface area contributed by atoms with Crippen LogP contribution >= 0.6 is 22.9 Å². The monoisotopic (exact) mass is 493 g/mol. The van der Waals surface area contributed by atoms with E-state index in [2.05, 4.69) is 0 Å². The minimum atomic E-state index is -0.792. The van der Waals surface area contributed by atoms with E-state index in [1.807, 2.05) is 49.6 Å². The van der Waals surface area contributed by atoms with Crippen molar-refractivity contribution in [2.45, 2.75) is 19.9 Å². The first-order valence-corrected chi connectivity index (χ1v) is 11.7. The molecular weight excluding hydrogens is 474 g/mol. The van der Waals surface area contributed by atoms with Crippen LogP contribution in [0.3, 0.4) is 0 Å². The minimum absolute atomic E-state index is 0.0195. The molecule has 1 unspecified atom stereocenters. The van der Waals surface area contributed by atoms with Crippen molar-refractivity contribution < 1.29 is 23.8 Å². The number of aliphatic hydroxyl groups excluding tert-OH is 1. The van der Waals surface area contributed by atoms with Crippen LogP contribution in [0.2, 0.25) is 5.02 Å². The zero-order chi connectivity index (χ0) is 24.1. The molecular formula is C26H20ClNO5S. The number of fused-ring (bicyclic) bond motifs is 1. The van der Waals surface area contributed by atoms with E-state index in [9.17, 15) is 14.7 Å². The van der Waals surface area contributed by atoms with Crippen LogP contribution in [0, 0.1) is 13.8 Å². The number of halogens is 1. The highest BCUT2D eigenvalue weighted by molar-refractivity contribution is 7.10. The molecule has 1 amide bonds. The summed E-state index contributed by atoms with van der Waals surface area (Å²) in [5.41, 5.74) is 2.86. The van der Waals surface area contributed by atoms with Gasteiger partial charge in [0.2, 0.25) is 5.78 Å². The van der Waals surface area contributed by atoms with Crippen molar-refractivity contribution in [2.75, 3.05) is 12.0 Å². The Morgan fingerprint density at radius 3 is 2.65 bits per heavy atom. The second-order valence-corrected chi connectivity index (χ2v) is 9.53. The van der Waals surface area contributed by atoms with Gasteiger partial charge in [0, 0.05) is 27.0 Å². The number of methoxy groups -OCH3 is 1. The van der Waals surface area contributed by atoms with E-state index < -0.39 is 23.5 Å². The number of carbonyl (C=O) groups is 2. The Labute approximate surface area is 204 Å². The second-order valence-electron chi connectivity index (χ2n) is 8.11. The van der Waals surface area contributed by atoms with Gasteiger partial charge >= 0.3 is 0 Å². The average molecular weight is 494 g/mol. The van der Waals surface area contributed by atoms with Crippen molar-refractivity contribution in [1.29, 1.82) is 0 Å². The second kappa shape index (κ2) is 8.34. The molecule has 1 N–H and O–H groups in total. The number of Topliss-reactive ketones (excluding diaryl/α,β-unsaturated/α-hetero) is 1. The number of ether oxygens (including phenoxy) is 1. The number of nitrogens with zero attached hydrogens (tertiary/aromatic N) is 1. The Morgan fingerprint density at radius 2 is 1.97 bits per heavy atom. The van der Waals surface area contributed by atoms with E-state index in [4.69, 9.17) is 20.8 Å². The first-order chi connectivity index (χ1) is 16.3. The fourth-order valence-corrected chi connectivity index (χ4v) is 5.40. The molecule has 0 radical (unpaired) electrons. The summed E-state index contributed by atoms with van der Waals surface area (Å²) in [6.45, 7) is 3.86. The van der Waals surface area contributed by atoms with Gasteiger partial charge in [0.1, 0.15) is 6.04 Å². The summed E-state index contributed by atoms with van der Waals surface area (Å²) in [6.07, 6.45) is 0. The molecule has 5 rings (SSSR count). The number of aryl methyl sites for hydroxylation is 2. The highest BCUT2D eigenvalue weighted by Gasteiger charge is 2.46. The van der Waals surface area contributed by atoms with Gasteiger partial charge in [-0.05, 0) is 49.1 Å². The van der Waals surface area contributed by atoms with Gasteiger partial charge in [0.15, 0.2) is 22.9 Å². The molecule has 0 saturated heterocycles. The molecule has 2 aromatic carbocycles. The number of hydrogen-bond acceptors (Lipinski definition) is 6. The van der Waals surface area contributed by atoms with Crippen molar-refractivity contribution in [2.24, 2.45) is 0 Å². The number of hydrogen-bond donors (Lipinski definition) is 1. The van der Waals surface area contributed by atoms with E-state index in [0.717, 1.165) is 16.0 Å². The normalized spacial score (nSPS) is 16.1. The van der Waals surface area contributed by atoms with E-state index in [1.54, 1.807) is 18.2 Å². The topological polar surface area (TPSA) is 80.0 Å². The molecule has 3 heterocycles. The van der Waals surface area contributed by atoms with E-state index in [-0.39, 0.29) is 11.3 Å². The molecule has 4 aromatic rings. The van der Waals surface area contributed by atoms with Crippen LogP contribution in [0.4, 0.5) is 5.69 Å². The average Bonchev–Trinajstić information content (AvgIpc) is 3.52. The van der Waals surface area contributed by atoms with Crippen molar-refractivity contribution in [3.05, 3.63) is 92.0 Å². The minimum Gasteiger partial charge on any atom is -0.503 e. The molecule has 0 aliphatic carbocycles. The lowest BCUT2D eigenvalue weighted by Crippen LogP contribution is -2.31. The number of ketones is 1. The lowest BCUT2D eigenvalue weighted by Gasteiger charge is -2.27. The van der Waals surface area contributed by atoms with Crippen LogP contribution < -0.4 is 9.64 Å². The third-order valence-corrected chi connectivity index (χ3v) is 7.01. The van der Waals surface area contributed by atoms with Gasteiger partial charge in [-0.3, -0.25) is 14.5 Å². The maximum absolute atomic E-state index is 13.7. The third-order valence-electron chi connectivity index (χ3n) is 5.87. The summed E-state index contributed by atoms with van der Waals surface area (Å²) < 4.78 is 11.2. The van der Waals surface area contributed by atoms with E-state index in [1.165, 1.54) is 23.3 Å². The number of rotatable bonds is 5. The predicted octanol–water partition coefficient (Wildman–Crippen LogP) is 6.56. The summed E-state index contributed by atoms with van der Waals surface area (Å²) in [5.74, 6) is -1.44. The van der Waals surface area contributed by atoms with E-state index in [0.29, 0.717) is 27.4 Å². The zero-order valence-corrected chi connectivity index (χ0v) is 20.2. The smallest absolute Gasteiger partial charge is 0.294 e. The van der Waals surface area contributed by atoms with Gasteiger partial charge in [-0.2, -0.15) is 0 Å². The van der Waals surface area contributed by atoms with Gasteiger partial charge in [-0.25, -0.2) is 0 Å². The molecule has 34 heavy (non-hydrogen) atoms. The molecule has 6 nitrogen and oxygen atoms in total. The number of furan rings is 1. The first kappa shape index (κ1) is 22.3. The number of anilines is 1. The summed E-state index contributed by atoms with van der Waals surface area (Å²) in [6, 6.07) is 13.4. The van der Waals surface area contributed by atoms with E-state index >= 15 is 0 Å². The van der Waals surface area contributed by atoms with Crippen molar-refractivity contribution in [3.8, 4) is 5.75 Å².